The highest BCUT2D eigenvalue weighted by Crippen LogP contribution is 2.29. The number of rotatable bonds is 5. The molecular weight excluding hydrogens is 372 g/mol. The van der Waals surface area contributed by atoms with Crippen LogP contribution in [0.4, 0.5) is 0 Å². The van der Waals surface area contributed by atoms with Crippen LogP contribution in [0.2, 0.25) is 0 Å². The fraction of sp³-hybridized carbons (Fsp3) is 0.524. The molecule has 2 unspecified atom stereocenters. The average molecular weight is 398 g/mol. The summed E-state index contributed by atoms with van der Waals surface area (Å²) in [6, 6.07) is 4.43. The van der Waals surface area contributed by atoms with Crippen molar-refractivity contribution in [3.05, 3.63) is 34.9 Å². The molecular formula is C21H26N4O4. The number of imide groups is 2. The van der Waals surface area contributed by atoms with Crippen LogP contribution in [-0.4, -0.2) is 66.2 Å². The zero-order valence-corrected chi connectivity index (χ0v) is 16.6. The lowest BCUT2D eigenvalue weighted by Crippen LogP contribution is -2.54. The number of benzene rings is 1. The van der Waals surface area contributed by atoms with Crippen LogP contribution in [0.1, 0.15) is 52.0 Å². The lowest BCUT2D eigenvalue weighted by atomic mass is 9.97. The van der Waals surface area contributed by atoms with E-state index in [1.54, 1.807) is 12.1 Å². The Morgan fingerprint density at radius 2 is 1.90 bits per heavy atom. The number of nitrogens with zero attached hydrogens (tertiary/aromatic N) is 2. The Bertz CT molecular complexity index is 866. The SMILES string of the molecule is CNCC1CCCN(Cc2ccc3c(c2)C(=O)N(C2CCC(=O)NC2=O)C3=O)C1. The van der Waals surface area contributed by atoms with E-state index in [1.165, 1.54) is 6.42 Å². The standard InChI is InChI=1S/C21H26N4O4/c1-22-10-14-3-2-8-24(12-14)11-13-4-5-15-16(9-13)21(29)25(20(15)28)17-6-7-18(26)23-19(17)27/h4-5,9,14,17,22H,2-3,6-8,10-12H2,1H3,(H,23,26,27). The number of amides is 4. The lowest BCUT2D eigenvalue weighted by molar-refractivity contribution is -0.136. The van der Waals surface area contributed by atoms with Crippen LogP contribution in [0.25, 0.3) is 0 Å². The summed E-state index contributed by atoms with van der Waals surface area (Å²) < 4.78 is 0. The van der Waals surface area contributed by atoms with Crippen molar-refractivity contribution >= 4 is 23.6 Å². The normalized spacial score (nSPS) is 25.3. The molecule has 0 aliphatic carbocycles. The van der Waals surface area contributed by atoms with Crippen LogP contribution in [0.5, 0.6) is 0 Å². The Labute approximate surface area is 169 Å². The summed E-state index contributed by atoms with van der Waals surface area (Å²) in [5.74, 6) is -1.25. The number of carbonyl (C=O) groups excluding carboxylic acids is 4. The number of likely N-dealkylation sites (tertiary alicyclic amines) is 1. The molecule has 3 aliphatic rings. The van der Waals surface area contributed by atoms with Crippen molar-refractivity contribution in [3.8, 4) is 0 Å². The molecule has 4 amide bonds. The minimum Gasteiger partial charge on any atom is -0.319 e. The predicted molar refractivity (Wildman–Crippen MR) is 105 cm³/mol. The topological polar surface area (TPSA) is 98.8 Å². The number of carbonyl (C=O) groups is 4. The van der Waals surface area contributed by atoms with Crippen molar-refractivity contribution in [2.24, 2.45) is 5.92 Å². The molecule has 0 bridgehead atoms. The zero-order valence-electron chi connectivity index (χ0n) is 16.6. The third-order valence-electron chi connectivity index (χ3n) is 6.01. The van der Waals surface area contributed by atoms with Gasteiger partial charge in [0, 0.05) is 19.5 Å². The van der Waals surface area contributed by atoms with E-state index in [9.17, 15) is 19.2 Å². The zero-order chi connectivity index (χ0) is 20.5. The molecule has 2 atom stereocenters. The molecule has 2 saturated heterocycles. The number of nitrogens with one attached hydrogen (secondary N) is 2. The van der Waals surface area contributed by atoms with Crippen molar-refractivity contribution in [3.63, 3.8) is 0 Å². The Hall–Kier alpha value is -2.58. The van der Waals surface area contributed by atoms with Crippen LogP contribution in [-0.2, 0) is 16.1 Å². The van der Waals surface area contributed by atoms with E-state index in [-0.39, 0.29) is 18.7 Å². The Balaban J connectivity index is 1.50. The van der Waals surface area contributed by atoms with Gasteiger partial charge in [0.1, 0.15) is 6.04 Å². The van der Waals surface area contributed by atoms with Crippen molar-refractivity contribution in [1.29, 1.82) is 0 Å². The molecule has 154 valence electrons. The monoisotopic (exact) mass is 398 g/mol. The van der Waals surface area contributed by atoms with Gasteiger partial charge in [-0.25, -0.2) is 0 Å². The number of fused-ring (bicyclic) bond motifs is 1. The lowest BCUT2D eigenvalue weighted by Gasteiger charge is -2.32. The van der Waals surface area contributed by atoms with Crippen LogP contribution in [0.3, 0.4) is 0 Å². The van der Waals surface area contributed by atoms with E-state index in [0.29, 0.717) is 17.0 Å². The van der Waals surface area contributed by atoms with Gasteiger partial charge in [-0.1, -0.05) is 6.07 Å². The molecule has 8 heteroatoms. The molecule has 3 heterocycles. The third kappa shape index (κ3) is 3.82. The van der Waals surface area contributed by atoms with Crippen molar-refractivity contribution in [1.82, 2.24) is 20.4 Å². The molecule has 2 N–H and O–H groups in total. The van der Waals surface area contributed by atoms with Crippen LogP contribution in [0.15, 0.2) is 18.2 Å². The van der Waals surface area contributed by atoms with Crippen LogP contribution >= 0.6 is 0 Å². The highest BCUT2D eigenvalue weighted by Gasteiger charge is 2.44. The van der Waals surface area contributed by atoms with Gasteiger partial charge in [-0.2, -0.15) is 0 Å². The van der Waals surface area contributed by atoms with E-state index in [0.717, 1.165) is 43.1 Å². The first-order valence-corrected chi connectivity index (χ1v) is 10.2. The molecule has 3 aliphatic heterocycles. The maximum atomic E-state index is 12.9. The first kappa shape index (κ1) is 19.7. The summed E-state index contributed by atoms with van der Waals surface area (Å²) in [5.41, 5.74) is 1.66. The largest absolute Gasteiger partial charge is 0.319 e. The Morgan fingerprint density at radius 1 is 1.10 bits per heavy atom. The second kappa shape index (κ2) is 8.04. The van der Waals surface area contributed by atoms with Crippen molar-refractivity contribution < 1.29 is 19.2 Å². The molecule has 0 spiro atoms. The second-order valence-corrected chi connectivity index (χ2v) is 8.13. The summed E-state index contributed by atoms with van der Waals surface area (Å²) in [5, 5.41) is 5.46. The van der Waals surface area contributed by atoms with Gasteiger partial charge >= 0.3 is 0 Å². The second-order valence-electron chi connectivity index (χ2n) is 8.13. The predicted octanol–water partition coefficient (Wildman–Crippen LogP) is 0.519. The molecule has 8 nitrogen and oxygen atoms in total. The van der Waals surface area contributed by atoms with Gasteiger partial charge in [-0.15, -0.1) is 0 Å². The summed E-state index contributed by atoms with van der Waals surface area (Å²) in [4.78, 5) is 52.6. The van der Waals surface area contributed by atoms with E-state index in [2.05, 4.69) is 15.5 Å². The first-order valence-electron chi connectivity index (χ1n) is 10.2. The highest BCUT2D eigenvalue weighted by molar-refractivity contribution is 6.23. The van der Waals surface area contributed by atoms with Gasteiger partial charge in [-0.05, 0) is 63.0 Å². The fourth-order valence-corrected chi connectivity index (χ4v) is 4.62. The number of piperidine rings is 2. The minimum absolute atomic E-state index is 0.123. The number of hydrogen-bond donors (Lipinski definition) is 2. The highest BCUT2D eigenvalue weighted by atomic mass is 16.2. The van der Waals surface area contributed by atoms with Crippen LogP contribution in [0, 0.1) is 5.92 Å². The van der Waals surface area contributed by atoms with Gasteiger partial charge in [-0.3, -0.25) is 34.3 Å². The van der Waals surface area contributed by atoms with Gasteiger partial charge in [0.15, 0.2) is 0 Å². The molecule has 0 aromatic heterocycles. The maximum absolute atomic E-state index is 12.9. The summed E-state index contributed by atoms with van der Waals surface area (Å²) >= 11 is 0. The van der Waals surface area contributed by atoms with E-state index < -0.39 is 23.8 Å². The Morgan fingerprint density at radius 3 is 2.66 bits per heavy atom. The summed E-state index contributed by atoms with van der Waals surface area (Å²) in [6.07, 6.45) is 2.66. The molecule has 0 radical (unpaired) electrons. The minimum atomic E-state index is -0.923. The molecule has 29 heavy (non-hydrogen) atoms. The third-order valence-corrected chi connectivity index (χ3v) is 6.01. The van der Waals surface area contributed by atoms with Gasteiger partial charge in [0.2, 0.25) is 11.8 Å². The van der Waals surface area contributed by atoms with Crippen LogP contribution < -0.4 is 10.6 Å². The van der Waals surface area contributed by atoms with Gasteiger partial charge in [0.05, 0.1) is 11.1 Å². The van der Waals surface area contributed by atoms with Gasteiger partial charge in [0.25, 0.3) is 11.8 Å². The number of hydrogen-bond acceptors (Lipinski definition) is 6. The van der Waals surface area contributed by atoms with E-state index in [1.807, 2.05) is 13.1 Å². The summed E-state index contributed by atoms with van der Waals surface area (Å²) in [7, 11) is 1.97. The quantitative estimate of drug-likeness (QED) is 0.702. The van der Waals surface area contributed by atoms with Crippen molar-refractivity contribution in [2.45, 2.75) is 38.3 Å². The first-order chi connectivity index (χ1) is 14.0. The smallest absolute Gasteiger partial charge is 0.262 e. The van der Waals surface area contributed by atoms with E-state index in [4.69, 9.17) is 0 Å². The average Bonchev–Trinajstić information content (AvgIpc) is 2.93. The molecule has 4 rings (SSSR count). The molecule has 1 aromatic carbocycles. The summed E-state index contributed by atoms with van der Waals surface area (Å²) in [6.45, 7) is 3.75. The molecule has 2 fully saturated rings. The van der Waals surface area contributed by atoms with Gasteiger partial charge < -0.3 is 5.32 Å². The Kier molecular flexibility index (Phi) is 5.47. The maximum Gasteiger partial charge on any atom is 0.262 e. The van der Waals surface area contributed by atoms with E-state index >= 15 is 0 Å². The fourth-order valence-electron chi connectivity index (χ4n) is 4.62. The van der Waals surface area contributed by atoms with Crippen molar-refractivity contribution in [2.75, 3.05) is 26.7 Å². The molecule has 0 saturated carbocycles. The molecule has 1 aromatic rings.